The lowest BCUT2D eigenvalue weighted by Gasteiger charge is -2.32. The molecule has 0 saturated heterocycles. The zero-order chi connectivity index (χ0) is 13.8. The SMILES string of the molecule is OC1CCN(CC#Cc2ccccc2)c2ccccc21. The molecule has 0 amide bonds. The predicted molar refractivity (Wildman–Crippen MR) is 81.6 cm³/mol. The van der Waals surface area contributed by atoms with Crippen molar-refractivity contribution in [2.45, 2.75) is 12.5 Å². The van der Waals surface area contributed by atoms with Gasteiger partial charge in [-0.25, -0.2) is 0 Å². The minimum absolute atomic E-state index is 0.343. The van der Waals surface area contributed by atoms with E-state index in [0.29, 0.717) is 6.54 Å². The molecule has 1 aliphatic heterocycles. The lowest BCUT2D eigenvalue weighted by Crippen LogP contribution is -2.31. The number of hydrogen-bond acceptors (Lipinski definition) is 2. The minimum Gasteiger partial charge on any atom is -0.388 e. The Hall–Kier alpha value is -2.24. The highest BCUT2D eigenvalue weighted by atomic mass is 16.3. The molecular formula is C18H17NO. The van der Waals surface area contributed by atoms with Crippen molar-refractivity contribution in [3.05, 3.63) is 65.7 Å². The van der Waals surface area contributed by atoms with E-state index in [0.717, 1.165) is 29.8 Å². The molecule has 0 bridgehead atoms. The van der Waals surface area contributed by atoms with Crippen molar-refractivity contribution in [3.63, 3.8) is 0 Å². The second-order valence-corrected chi connectivity index (χ2v) is 4.95. The van der Waals surface area contributed by atoms with Crippen LogP contribution in [0.1, 0.15) is 23.7 Å². The van der Waals surface area contributed by atoms with Gasteiger partial charge in [-0.2, -0.15) is 0 Å². The second kappa shape index (κ2) is 5.81. The summed E-state index contributed by atoms with van der Waals surface area (Å²) < 4.78 is 0. The maximum absolute atomic E-state index is 10.0. The Morgan fingerprint density at radius 1 is 1.05 bits per heavy atom. The average Bonchev–Trinajstić information content (AvgIpc) is 2.51. The molecule has 2 nitrogen and oxygen atoms in total. The van der Waals surface area contributed by atoms with Crippen molar-refractivity contribution in [1.82, 2.24) is 0 Å². The van der Waals surface area contributed by atoms with Crippen LogP contribution in [0.15, 0.2) is 54.6 Å². The van der Waals surface area contributed by atoms with E-state index in [1.807, 2.05) is 48.5 Å². The molecule has 2 aromatic rings. The van der Waals surface area contributed by atoms with Gasteiger partial charge in [0.25, 0.3) is 0 Å². The van der Waals surface area contributed by atoms with E-state index in [4.69, 9.17) is 0 Å². The third kappa shape index (κ3) is 2.68. The highest BCUT2D eigenvalue weighted by molar-refractivity contribution is 5.57. The van der Waals surface area contributed by atoms with Gasteiger partial charge in [0.05, 0.1) is 12.6 Å². The van der Waals surface area contributed by atoms with Crippen molar-refractivity contribution in [2.24, 2.45) is 0 Å². The summed E-state index contributed by atoms with van der Waals surface area (Å²) in [6.07, 6.45) is 0.425. The molecular weight excluding hydrogens is 246 g/mol. The van der Waals surface area contributed by atoms with Gasteiger partial charge in [-0.3, -0.25) is 0 Å². The Kier molecular flexibility index (Phi) is 3.71. The molecule has 0 spiro atoms. The second-order valence-electron chi connectivity index (χ2n) is 4.95. The number of benzene rings is 2. The predicted octanol–water partition coefficient (Wildman–Crippen LogP) is 2.98. The fourth-order valence-corrected chi connectivity index (χ4v) is 2.53. The van der Waals surface area contributed by atoms with Gasteiger partial charge in [0, 0.05) is 23.4 Å². The average molecular weight is 263 g/mol. The third-order valence-electron chi connectivity index (χ3n) is 3.59. The summed E-state index contributed by atoms with van der Waals surface area (Å²) >= 11 is 0. The normalized spacial score (nSPS) is 17.1. The smallest absolute Gasteiger partial charge is 0.0826 e. The fraction of sp³-hybridized carbons (Fsp3) is 0.222. The quantitative estimate of drug-likeness (QED) is 0.800. The zero-order valence-corrected chi connectivity index (χ0v) is 11.3. The van der Waals surface area contributed by atoms with E-state index >= 15 is 0 Å². The van der Waals surface area contributed by atoms with Crippen LogP contribution in [0.2, 0.25) is 0 Å². The molecule has 1 atom stereocenters. The first-order valence-corrected chi connectivity index (χ1v) is 6.90. The van der Waals surface area contributed by atoms with Crippen molar-refractivity contribution >= 4 is 5.69 Å². The summed E-state index contributed by atoms with van der Waals surface area (Å²) in [6.45, 7) is 1.54. The van der Waals surface area contributed by atoms with E-state index in [1.165, 1.54) is 0 Å². The molecule has 100 valence electrons. The largest absolute Gasteiger partial charge is 0.388 e. The molecule has 3 rings (SSSR count). The topological polar surface area (TPSA) is 23.5 Å². The molecule has 1 N–H and O–H groups in total. The van der Waals surface area contributed by atoms with Crippen molar-refractivity contribution in [2.75, 3.05) is 18.0 Å². The first kappa shape index (κ1) is 12.8. The first-order valence-electron chi connectivity index (χ1n) is 6.90. The van der Waals surface area contributed by atoms with Gasteiger partial charge in [0.1, 0.15) is 0 Å². The number of aliphatic hydroxyl groups excluding tert-OH is 1. The number of aliphatic hydroxyl groups is 1. The summed E-state index contributed by atoms with van der Waals surface area (Å²) in [7, 11) is 0. The van der Waals surface area contributed by atoms with Gasteiger partial charge in [0.15, 0.2) is 0 Å². The summed E-state index contributed by atoms with van der Waals surface area (Å²) in [5.41, 5.74) is 3.16. The van der Waals surface area contributed by atoms with Crippen LogP contribution >= 0.6 is 0 Å². The molecule has 20 heavy (non-hydrogen) atoms. The van der Waals surface area contributed by atoms with Crippen LogP contribution in [0.25, 0.3) is 0 Å². The number of para-hydroxylation sites is 1. The van der Waals surface area contributed by atoms with E-state index in [2.05, 4.69) is 22.8 Å². The minimum atomic E-state index is -0.343. The standard InChI is InChI=1S/C18H17NO/c20-18-12-14-19(17-11-5-4-10-16(17)18)13-6-9-15-7-2-1-3-8-15/h1-5,7-8,10-11,18,20H,12-14H2. The van der Waals surface area contributed by atoms with Crippen LogP contribution < -0.4 is 4.90 Å². The summed E-state index contributed by atoms with van der Waals surface area (Å²) in [4.78, 5) is 2.23. The van der Waals surface area contributed by atoms with Crippen molar-refractivity contribution in [1.29, 1.82) is 0 Å². The lowest BCUT2D eigenvalue weighted by atomic mass is 9.99. The molecule has 2 aromatic carbocycles. The lowest BCUT2D eigenvalue weighted by molar-refractivity contribution is 0.164. The Bertz CT molecular complexity index is 639. The summed E-state index contributed by atoms with van der Waals surface area (Å²) in [6, 6.07) is 18.1. The van der Waals surface area contributed by atoms with Crippen LogP contribution in [0, 0.1) is 11.8 Å². The number of nitrogens with zero attached hydrogens (tertiary/aromatic N) is 1. The van der Waals surface area contributed by atoms with E-state index in [1.54, 1.807) is 0 Å². The molecule has 1 unspecified atom stereocenters. The molecule has 2 heteroatoms. The van der Waals surface area contributed by atoms with Gasteiger partial charge in [-0.1, -0.05) is 48.2 Å². The Balaban J connectivity index is 1.77. The first-order chi connectivity index (χ1) is 9.84. The van der Waals surface area contributed by atoms with Crippen LogP contribution in [-0.2, 0) is 0 Å². The third-order valence-corrected chi connectivity index (χ3v) is 3.59. The molecule has 0 aromatic heterocycles. The van der Waals surface area contributed by atoms with Gasteiger partial charge in [-0.15, -0.1) is 0 Å². The van der Waals surface area contributed by atoms with Gasteiger partial charge in [-0.05, 0) is 24.6 Å². The van der Waals surface area contributed by atoms with Gasteiger partial charge >= 0.3 is 0 Å². The van der Waals surface area contributed by atoms with Crippen LogP contribution in [-0.4, -0.2) is 18.2 Å². The zero-order valence-electron chi connectivity index (χ0n) is 11.3. The van der Waals surface area contributed by atoms with E-state index in [-0.39, 0.29) is 6.10 Å². The molecule has 0 aliphatic carbocycles. The Morgan fingerprint density at radius 3 is 2.65 bits per heavy atom. The number of hydrogen-bond donors (Lipinski definition) is 1. The Labute approximate surface area is 119 Å². The molecule has 0 fully saturated rings. The van der Waals surface area contributed by atoms with E-state index in [9.17, 15) is 5.11 Å². The number of anilines is 1. The van der Waals surface area contributed by atoms with Crippen molar-refractivity contribution in [3.8, 4) is 11.8 Å². The highest BCUT2D eigenvalue weighted by Gasteiger charge is 2.21. The van der Waals surface area contributed by atoms with Gasteiger partial charge < -0.3 is 10.0 Å². The highest BCUT2D eigenvalue weighted by Crippen LogP contribution is 2.32. The summed E-state index contributed by atoms with van der Waals surface area (Å²) in [5.74, 6) is 6.40. The van der Waals surface area contributed by atoms with Crippen molar-refractivity contribution < 1.29 is 5.11 Å². The van der Waals surface area contributed by atoms with Crippen LogP contribution in [0.3, 0.4) is 0 Å². The number of rotatable bonds is 1. The molecule has 0 radical (unpaired) electrons. The number of fused-ring (bicyclic) bond motifs is 1. The maximum atomic E-state index is 10.0. The monoisotopic (exact) mass is 263 g/mol. The molecule has 0 saturated carbocycles. The maximum Gasteiger partial charge on any atom is 0.0826 e. The van der Waals surface area contributed by atoms with E-state index < -0.39 is 0 Å². The molecule has 1 heterocycles. The summed E-state index contributed by atoms with van der Waals surface area (Å²) in [5, 5.41) is 10.0. The van der Waals surface area contributed by atoms with Crippen LogP contribution in [0.4, 0.5) is 5.69 Å². The van der Waals surface area contributed by atoms with Crippen LogP contribution in [0.5, 0.6) is 0 Å². The fourth-order valence-electron chi connectivity index (χ4n) is 2.53. The van der Waals surface area contributed by atoms with Gasteiger partial charge in [0.2, 0.25) is 0 Å². The molecule has 1 aliphatic rings. The Morgan fingerprint density at radius 2 is 1.80 bits per heavy atom.